The summed E-state index contributed by atoms with van der Waals surface area (Å²) in [7, 11) is -2.79. The molecule has 0 heterocycles. The van der Waals surface area contributed by atoms with Gasteiger partial charge in [-0.05, 0) is 42.0 Å². The molecule has 0 fully saturated rings. The molecule has 0 saturated heterocycles. The Hall–Kier alpha value is -1.66. The highest BCUT2D eigenvalue weighted by Gasteiger charge is 2.25. The number of nitrogens with zero attached hydrogens (tertiary/aromatic N) is 1. The van der Waals surface area contributed by atoms with Crippen molar-refractivity contribution < 1.29 is 17.2 Å². The molecule has 0 unspecified atom stereocenters. The van der Waals surface area contributed by atoms with Crippen molar-refractivity contribution in [2.75, 3.05) is 11.4 Å². The van der Waals surface area contributed by atoms with E-state index in [1.165, 1.54) is 31.3 Å². The van der Waals surface area contributed by atoms with E-state index in [0.717, 1.165) is 22.5 Å². The van der Waals surface area contributed by atoms with Crippen LogP contribution in [0.2, 0.25) is 0 Å². The summed E-state index contributed by atoms with van der Waals surface area (Å²) in [6.07, 6.45) is 0. The molecule has 0 bridgehead atoms. The van der Waals surface area contributed by atoms with Crippen molar-refractivity contribution in [2.24, 2.45) is 0 Å². The van der Waals surface area contributed by atoms with Crippen LogP contribution in [-0.2, 0) is 15.9 Å². The standard InChI is InChI=1S/C14H12ClF2NO2S/c1-18(12-5-3-11(16)4-6-12)21(19,20)14-7-2-10(9-15)8-13(14)17/h2-8H,9H2,1H3. The van der Waals surface area contributed by atoms with Crippen LogP contribution in [0.1, 0.15) is 5.56 Å². The van der Waals surface area contributed by atoms with Crippen molar-refractivity contribution >= 4 is 27.3 Å². The van der Waals surface area contributed by atoms with Gasteiger partial charge in [0.05, 0.1) is 5.69 Å². The van der Waals surface area contributed by atoms with E-state index in [-0.39, 0.29) is 11.6 Å². The van der Waals surface area contributed by atoms with Gasteiger partial charge in [-0.25, -0.2) is 17.2 Å². The van der Waals surface area contributed by atoms with Crippen LogP contribution in [0.4, 0.5) is 14.5 Å². The Morgan fingerprint density at radius 3 is 2.24 bits per heavy atom. The minimum atomic E-state index is -4.07. The van der Waals surface area contributed by atoms with Gasteiger partial charge in [0, 0.05) is 12.9 Å². The molecule has 2 aromatic rings. The first-order chi connectivity index (χ1) is 9.86. The fraction of sp³-hybridized carbons (Fsp3) is 0.143. The fourth-order valence-corrected chi connectivity index (χ4v) is 3.18. The Bertz CT molecular complexity index is 748. The van der Waals surface area contributed by atoms with Crippen LogP contribution in [0.25, 0.3) is 0 Å². The number of rotatable bonds is 4. The van der Waals surface area contributed by atoms with Gasteiger partial charge in [-0.1, -0.05) is 6.07 Å². The Morgan fingerprint density at radius 2 is 1.71 bits per heavy atom. The third-order valence-electron chi connectivity index (χ3n) is 2.98. The lowest BCUT2D eigenvalue weighted by Gasteiger charge is -2.20. The maximum atomic E-state index is 13.9. The molecule has 0 aliphatic heterocycles. The van der Waals surface area contributed by atoms with Gasteiger partial charge in [0.1, 0.15) is 16.5 Å². The second-order valence-corrected chi connectivity index (χ2v) is 6.55. The van der Waals surface area contributed by atoms with Crippen LogP contribution < -0.4 is 4.31 Å². The van der Waals surface area contributed by atoms with Gasteiger partial charge in [0.2, 0.25) is 0 Å². The number of hydrogen-bond donors (Lipinski definition) is 0. The molecule has 0 amide bonds. The number of halogens is 3. The second kappa shape index (κ2) is 5.99. The lowest BCUT2D eigenvalue weighted by molar-refractivity contribution is 0.565. The molecule has 0 aliphatic rings. The number of hydrogen-bond acceptors (Lipinski definition) is 2. The summed E-state index contributed by atoms with van der Waals surface area (Å²) in [4.78, 5) is -0.455. The average molecular weight is 332 g/mol. The van der Waals surface area contributed by atoms with Crippen LogP contribution in [0, 0.1) is 11.6 Å². The van der Waals surface area contributed by atoms with Gasteiger partial charge in [0.15, 0.2) is 0 Å². The highest BCUT2D eigenvalue weighted by molar-refractivity contribution is 7.92. The average Bonchev–Trinajstić information content (AvgIpc) is 2.46. The highest BCUT2D eigenvalue weighted by Crippen LogP contribution is 2.25. The summed E-state index contributed by atoms with van der Waals surface area (Å²) < 4.78 is 52.5. The zero-order chi connectivity index (χ0) is 15.6. The van der Waals surface area contributed by atoms with E-state index in [0.29, 0.717) is 5.56 Å². The predicted octanol–water partition coefficient (Wildman–Crippen LogP) is 3.53. The molecular weight excluding hydrogens is 320 g/mol. The number of alkyl halides is 1. The van der Waals surface area contributed by atoms with Crippen LogP contribution in [0.15, 0.2) is 47.4 Å². The van der Waals surface area contributed by atoms with Crippen LogP contribution >= 0.6 is 11.6 Å². The van der Waals surface area contributed by atoms with Crippen molar-refractivity contribution in [1.29, 1.82) is 0 Å². The lowest BCUT2D eigenvalue weighted by Crippen LogP contribution is -2.27. The lowest BCUT2D eigenvalue weighted by atomic mass is 10.2. The van der Waals surface area contributed by atoms with E-state index in [9.17, 15) is 17.2 Å². The topological polar surface area (TPSA) is 37.4 Å². The molecule has 112 valence electrons. The zero-order valence-electron chi connectivity index (χ0n) is 11.1. The summed E-state index contributed by atoms with van der Waals surface area (Å²) in [6, 6.07) is 8.57. The molecule has 0 N–H and O–H groups in total. The van der Waals surface area contributed by atoms with Gasteiger partial charge in [-0.2, -0.15) is 0 Å². The maximum Gasteiger partial charge on any atom is 0.266 e. The Morgan fingerprint density at radius 1 is 1.10 bits per heavy atom. The van der Waals surface area contributed by atoms with E-state index in [1.54, 1.807) is 0 Å². The zero-order valence-corrected chi connectivity index (χ0v) is 12.6. The smallest absolute Gasteiger partial charge is 0.266 e. The SMILES string of the molecule is CN(c1ccc(F)cc1)S(=O)(=O)c1ccc(CCl)cc1F. The van der Waals surface area contributed by atoms with Crippen molar-refractivity contribution in [3.8, 4) is 0 Å². The van der Waals surface area contributed by atoms with Gasteiger partial charge >= 0.3 is 0 Å². The van der Waals surface area contributed by atoms with Crippen molar-refractivity contribution in [2.45, 2.75) is 10.8 Å². The van der Waals surface area contributed by atoms with Crippen molar-refractivity contribution in [1.82, 2.24) is 0 Å². The minimum Gasteiger partial charge on any atom is -0.269 e. The first-order valence-electron chi connectivity index (χ1n) is 5.95. The predicted molar refractivity (Wildman–Crippen MR) is 77.9 cm³/mol. The molecule has 0 atom stereocenters. The molecule has 7 heteroatoms. The van der Waals surface area contributed by atoms with Crippen LogP contribution in [0.3, 0.4) is 0 Å². The van der Waals surface area contributed by atoms with Gasteiger partial charge in [-0.3, -0.25) is 4.31 Å². The molecular formula is C14H12ClF2NO2S. The van der Waals surface area contributed by atoms with E-state index in [1.807, 2.05) is 0 Å². The third kappa shape index (κ3) is 3.16. The molecule has 0 saturated carbocycles. The first kappa shape index (κ1) is 15.7. The van der Waals surface area contributed by atoms with E-state index >= 15 is 0 Å². The summed E-state index contributed by atoms with van der Waals surface area (Å²) in [6.45, 7) is 0. The molecule has 0 aliphatic carbocycles. The molecule has 0 spiro atoms. The van der Waals surface area contributed by atoms with E-state index in [4.69, 9.17) is 11.6 Å². The highest BCUT2D eigenvalue weighted by atomic mass is 35.5. The van der Waals surface area contributed by atoms with Gasteiger partial charge in [-0.15, -0.1) is 11.6 Å². The van der Waals surface area contributed by atoms with Crippen LogP contribution in [-0.4, -0.2) is 15.5 Å². The van der Waals surface area contributed by atoms with E-state index < -0.39 is 26.6 Å². The summed E-state index contributed by atoms with van der Waals surface area (Å²) in [5, 5.41) is 0. The number of anilines is 1. The number of sulfonamides is 1. The summed E-state index contributed by atoms with van der Waals surface area (Å²) in [5.41, 5.74) is 0.717. The molecule has 0 aromatic heterocycles. The second-order valence-electron chi connectivity index (χ2n) is 4.35. The Labute approximate surface area is 126 Å². The van der Waals surface area contributed by atoms with Gasteiger partial charge < -0.3 is 0 Å². The monoisotopic (exact) mass is 331 g/mol. The Kier molecular flexibility index (Phi) is 4.49. The molecule has 21 heavy (non-hydrogen) atoms. The maximum absolute atomic E-state index is 13.9. The largest absolute Gasteiger partial charge is 0.269 e. The minimum absolute atomic E-state index is 0.0883. The molecule has 2 rings (SSSR count). The summed E-state index contributed by atoms with van der Waals surface area (Å²) in [5.74, 6) is -1.27. The Balaban J connectivity index is 2.44. The van der Waals surface area contributed by atoms with Gasteiger partial charge in [0.25, 0.3) is 10.0 Å². The third-order valence-corrected chi connectivity index (χ3v) is 5.11. The first-order valence-corrected chi connectivity index (χ1v) is 7.92. The molecule has 0 radical (unpaired) electrons. The number of benzene rings is 2. The van der Waals surface area contributed by atoms with E-state index in [2.05, 4.69) is 0 Å². The normalized spacial score (nSPS) is 11.4. The quantitative estimate of drug-likeness (QED) is 0.804. The molecule has 3 nitrogen and oxygen atoms in total. The fourth-order valence-electron chi connectivity index (χ4n) is 1.77. The van der Waals surface area contributed by atoms with Crippen molar-refractivity contribution in [3.63, 3.8) is 0 Å². The molecule has 2 aromatic carbocycles. The van der Waals surface area contributed by atoms with Crippen LogP contribution in [0.5, 0.6) is 0 Å². The van der Waals surface area contributed by atoms with Crippen molar-refractivity contribution in [3.05, 3.63) is 59.7 Å². The summed E-state index contributed by atoms with van der Waals surface area (Å²) >= 11 is 5.58.